The van der Waals surface area contributed by atoms with Crippen LogP contribution < -0.4 is 10.6 Å². The Labute approximate surface area is 145 Å². The summed E-state index contributed by atoms with van der Waals surface area (Å²) in [5.41, 5.74) is 2.33. The largest absolute Gasteiger partial charge is 0.465 e. The lowest BCUT2D eigenvalue weighted by atomic mass is 9.86. The Hall–Kier alpha value is -3.15. The predicted molar refractivity (Wildman–Crippen MR) is 93.8 cm³/mol. The second-order valence-electron chi connectivity index (χ2n) is 6.36. The average molecular weight is 338 g/mol. The first-order chi connectivity index (χ1) is 11.8. The molecule has 2 N–H and O–H groups in total. The standard InChI is InChI=1S/C19H18N2O4/c1-19(2)14-9-6-12(10-15(14)21-18(19)24)16(22)20-13-7-4-11(5-8-13)17(23)25-3/h4-10H,1-3H3,(H,20,22)(H,21,24). The van der Waals surface area contributed by atoms with E-state index in [2.05, 4.69) is 15.4 Å². The van der Waals surface area contributed by atoms with E-state index >= 15 is 0 Å². The molecule has 0 unspecified atom stereocenters. The van der Waals surface area contributed by atoms with Crippen LogP contribution >= 0.6 is 0 Å². The highest BCUT2D eigenvalue weighted by atomic mass is 16.5. The summed E-state index contributed by atoms with van der Waals surface area (Å²) in [6, 6.07) is 11.6. The Bertz CT molecular complexity index is 869. The number of benzene rings is 2. The van der Waals surface area contributed by atoms with Crippen LogP contribution in [0.2, 0.25) is 0 Å². The van der Waals surface area contributed by atoms with Crippen molar-refractivity contribution in [3.63, 3.8) is 0 Å². The maximum Gasteiger partial charge on any atom is 0.337 e. The lowest BCUT2D eigenvalue weighted by molar-refractivity contribution is -0.119. The van der Waals surface area contributed by atoms with Crippen LogP contribution in [0, 0.1) is 0 Å². The third-order valence-electron chi connectivity index (χ3n) is 4.33. The van der Waals surface area contributed by atoms with E-state index in [9.17, 15) is 14.4 Å². The second kappa shape index (κ2) is 6.05. The van der Waals surface area contributed by atoms with Crippen molar-refractivity contribution in [1.82, 2.24) is 0 Å². The number of carbonyl (C=O) groups excluding carboxylic acids is 3. The fourth-order valence-corrected chi connectivity index (χ4v) is 2.75. The number of nitrogens with one attached hydrogen (secondary N) is 2. The zero-order chi connectivity index (χ0) is 18.2. The first kappa shape index (κ1) is 16.7. The first-order valence-electron chi connectivity index (χ1n) is 7.78. The van der Waals surface area contributed by atoms with E-state index < -0.39 is 11.4 Å². The lowest BCUT2D eigenvalue weighted by Gasteiger charge is -2.15. The molecule has 0 radical (unpaired) electrons. The molecule has 0 atom stereocenters. The van der Waals surface area contributed by atoms with Crippen molar-refractivity contribution in [1.29, 1.82) is 0 Å². The summed E-state index contributed by atoms with van der Waals surface area (Å²) >= 11 is 0. The van der Waals surface area contributed by atoms with E-state index in [0.29, 0.717) is 22.5 Å². The Morgan fingerprint density at radius 3 is 2.32 bits per heavy atom. The van der Waals surface area contributed by atoms with Crippen LogP contribution in [0.4, 0.5) is 11.4 Å². The van der Waals surface area contributed by atoms with Gasteiger partial charge >= 0.3 is 5.97 Å². The highest BCUT2D eigenvalue weighted by molar-refractivity contribution is 6.09. The molecule has 0 fully saturated rings. The third-order valence-corrected chi connectivity index (χ3v) is 4.33. The van der Waals surface area contributed by atoms with Gasteiger partial charge in [-0.15, -0.1) is 0 Å². The van der Waals surface area contributed by atoms with E-state index in [-0.39, 0.29) is 11.8 Å². The van der Waals surface area contributed by atoms with Crippen molar-refractivity contribution >= 4 is 29.2 Å². The number of hydrogen-bond acceptors (Lipinski definition) is 4. The summed E-state index contributed by atoms with van der Waals surface area (Å²) in [5, 5.41) is 5.56. The Balaban J connectivity index is 1.78. The van der Waals surface area contributed by atoms with Gasteiger partial charge in [0.05, 0.1) is 18.1 Å². The third kappa shape index (κ3) is 2.98. The summed E-state index contributed by atoms with van der Waals surface area (Å²) in [4.78, 5) is 35.8. The van der Waals surface area contributed by atoms with E-state index in [1.54, 1.807) is 42.5 Å². The summed E-state index contributed by atoms with van der Waals surface area (Å²) in [5.74, 6) is -0.819. The van der Waals surface area contributed by atoms with Crippen LogP contribution in [-0.2, 0) is 14.9 Å². The van der Waals surface area contributed by atoms with Crippen LogP contribution in [0.1, 0.15) is 40.1 Å². The molecule has 25 heavy (non-hydrogen) atoms. The van der Waals surface area contributed by atoms with Crippen LogP contribution in [0.3, 0.4) is 0 Å². The van der Waals surface area contributed by atoms with Crippen molar-refractivity contribution in [3.05, 3.63) is 59.2 Å². The second-order valence-corrected chi connectivity index (χ2v) is 6.36. The molecule has 3 rings (SSSR count). The number of hydrogen-bond donors (Lipinski definition) is 2. The highest BCUT2D eigenvalue weighted by Crippen LogP contribution is 2.37. The van der Waals surface area contributed by atoms with Gasteiger partial charge in [-0.05, 0) is 55.8 Å². The monoisotopic (exact) mass is 338 g/mol. The van der Waals surface area contributed by atoms with Crippen molar-refractivity contribution in [3.8, 4) is 0 Å². The molecule has 1 aliphatic rings. The Morgan fingerprint density at radius 2 is 1.68 bits per heavy atom. The minimum absolute atomic E-state index is 0.0848. The predicted octanol–water partition coefficient (Wildman–Crippen LogP) is 2.96. The van der Waals surface area contributed by atoms with Crippen molar-refractivity contribution in [2.24, 2.45) is 0 Å². The minimum Gasteiger partial charge on any atom is -0.465 e. The van der Waals surface area contributed by atoms with Gasteiger partial charge in [-0.1, -0.05) is 6.07 Å². The van der Waals surface area contributed by atoms with Gasteiger partial charge < -0.3 is 15.4 Å². The molecule has 6 nitrogen and oxygen atoms in total. The average Bonchev–Trinajstić information content (AvgIpc) is 2.83. The van der Waals surface area contributed by atoms with Crippen LogP contribution in [0.25, 0.3) is 0 Å². The molecule has 2 aromatic rings. The molecule has 0 saturated carbocycles. The highest BCUT2D eigenvalue weighted by Gasteiger charge is 2.38. The number of fused-ring (bicyclic) bond motifs is 1. The number of carbonyl (C=O) groups is 3. The number of methoxy groups -OCH3 is 1. The normalized spacial score (nSPS) is 14.4. The molecule has 0 aromatic heterocycles. The molecule has 1 aliphatic heterocycles. The number of ether oxygens (including phenoxy) is 1. The lowest BCUT2D eigenvalue weighted by Crippen LogP contribution is -2.26. The maximum atomic E-state index is 12.4. The van der Waals surface area contributed by atoms with Gasteiger partial charge in [-0.25, -0.2) is 4.79 Å². The molecule has 1 heterocycles. The zero-order valence-corrected chi connectivity index (χ0v) is 14.2. The number of amides is 2. The fraction of sp³-hybridized carbons (Fsp3) is 0.211. The van der Waals surface area contributed by atoms with Gasteiger partial charge in [-0.3, -0.25) is 9.59 Å². The van der Waals surface area contributed by atoms with Gasteiger partial charge in [0.1, 0.15) is 0 Å². The van der Waals surface area contributed by atoms with Crippen LogP contribution in [-0.4, -0.2) is 24.9 Å². The van der Waals surface area contributed by atoms with E-state index in [1.807, 2.05) is 13.8 Å². The molecule has 0 aliphatic carbocycles. The van der Waals surface area contributed by atoms with Crippen LogP contribution in [0.5, 0.6) is 0 Å². The van der Waals surface area contributed by atoms with Gasteiger partial charge in [-0.2, -0.15) is 0 Å². The Morgan fingerprint density at radius 1 is 1.04 bits per heavy atom. The molecule has 6 heteroatoms. The summed E-state index contributed by atoms with van der Waals surface area (Å²) in [7, 11) is 1.31. The number of esters is 1. The summed E-state index contributed by atoms with van der Waals surface area (Å²) < 4.78 is 4.63. The topological polar surface area (TPSA) is 84.5 Å². The van der Waals surface area contributed by atoms with Crippen LogP contribution in [0.15, 0.2) is 42.5 Å². The number of anilines is 2. The molecule has 0 saturated heterocycles. The SMILES string of the molecule is COC(=O)c1ccc(NC(=O)c2ccc3c(c2)NC(=O)C3(C)C)cc1. The van der Waals surface area contributed by atoms with E-state index in [4.69, 9.17) is 0 Å². The van der Waals surface area contributed by atoms with E-state index in [0.717, 1.165) is 5.56 Å². The van der Waals surface area contributed by atoms with Crippen molar-refractivity contribution in [2.45, 2.75) is 19.3 Å². The molecule has 2 amide bonds. The summed E-state index contributed by atoms with van der Waals surface area (Å²) in [6.07, 6.45) is 0. The Kier molecular flexibility index (Phi) is 4.04. The van der Waals surface area contributed by atoms with Crippen molar-refractivity contribution < 1.29 is 19.1 Å². The smallest absolute Gasteiger partial charge is 0.337 e. The minimum atomic E-state index is -0.603. The van der Waals surface area contributed by atoms with Gasteiger partial charge in [0.2, 0.25) is 5.91 Å². The first-order valence-corrected chi connectivity index (χ1v) is 7.78. The molecule has 2 aromatic carbocycles. The molecular weight excluding hydrogens is 320 g/mol. The molecule has 0 bridgehead atoms. The molecule has 128 valence electrons. The maximum absolute atomic E-state index is 12.4. The van der Waals surface area contributed by atoms with Gasteiger partial charge in [0.15, 0.2) is 0 Å². The zero-order valence-electron chi connectivity index (χ0n) is 14.2. The van der Waals surface area contributed by atoms with E-state index in [1.165, 1.54) is 7.11 Å². The van der Waals surface area contributed by atoms with Crippen molar-refractivity contribution in [2.75, 3.05) is 17.7 Å². The summed E-state index contributed by atoms with van der Waals surface area (Å²) in [6.45, 7) is 3.69. The molecular formula is C19H18N2O4. The van der Waals surface area contributed by atoms with Gasteiger partial charge in [0.25, 0.3) is 5.91 Å². The van der Waals surface area contributed by atoms with Gasteiger partial charge in [0, 0.05) is 16.9 Å². The fourth-order valence-electron chi connectivity index (χ4n) is 2.75. The quantitative estimate of drug-likeness (QED) is 0.843. The molecule has 0 spiro atoms. The number of rotatable bonds is 3.